The molecule has 0 aromatic heterocycles. The third-order valence-electron chi connectivity index (χ3n) is 3.73. The van der Waals surface area contributed by atoms with Gasteiger partial charge in [-0.25, -0.2) is 8.42 Å². The molecule has 1 N–H and O–H groups in total. The number of benzene rings is 1. The summed E-state index contributed by atoms with van der Waals surface area (Å²) in [5.41, 5.74) is 0. The minimum Gasteiger partial charge on any atom is -0.207 e. The van der Waals surface area contributed by atoms with Gasteiger partial charge in [-0.3, -0.25) is 0 Å². The van der Waals surface area contributed by atoms with Crippen molar-refractivity contribution in [3.8, 4) is 6.07 Å². The average molecular weight is 436 g/mol. The highest BCUT2D eigenvalue weighted by molar-refractivity contribution is 9.11. The topological polar surface area (TPSA) is 70.0 Å². The second-order valence-corrected chi connectivity index (χ2v) is 8.65. The third kappa shape index (κ3) is 4.28. The van der Waals surface area contributed by atoms with Crippen LogP contribution in [0.15, 0.2) is 32.0 Å². The fraction of sp³-hybridized carbons (Fsp3) is 0.500. The van der Waals surface area contributed by atoms with E-state index in [-0.39, 0.29) is 10.8 Å². The summed E-state index contributed by atoms with van der Waals surface area (Å²) >= 11 is 6.52. The molecule has 0 amide bonds. The third-order valence-corrected chi connectivity index (χ3v) is 6.65. The van der Waals surface area contributed by atoms with Crippen LogP contribution in [0.5, 0.6) is 0 Å². The van der Waals surface area contributed by atoms with Crippen LogP contribution in [0.25, 0.3) is 0 Å². The number of sulfonamides is 1. The lowest BCUT2D eigenvalue weighted by atomic mass is 9.85. The first kappa shape index (κ1) is 16.9. The lowest BCUT2D eigenvalue weighted by Gasteiger charge is -2.26. The smallest absolute Gasteiger partial charge is 0.207 e. The second-order valence-electron chi connectivity index (χ2n) is 5.20. The summed E-state index contributed by atoms with van der Waals surface area (Å²) in [5.74, 6) is 0.101. The Bertz CT molecular complexity index is 649. The average Bonchev–Trinajstić information content (AvgIpc) is 2.48. The van der Waals surface area contributed by atoms with Gasteiger partial charge in [0.15, 0.2) is 0 Å². The molecule has 2 rings (SSSR count). The maximum Gasteiger partial charge on any atom is 0.242 e. The van der Waals surface area contributed by atoms with Crippen molar-refractivity contribution in [2.75, 3.05) is 0 Å². The molecule has 114 valence electrons. The predicted molar refractivity (Wildman–Crippen MR) is 88.1 cm³/mol. The molecule has 0 aliphatic heterocycles. The van der Waals surface area contributed by atoms with E-state index in [2.05, 4.69) is 42.7 Å². The molecule has 1 saturated carbocycles. The van der Waals surface area contributed by atoms with Crippen molar-refractivity contribution in [1.29, 1.82) is 5.26 Å². The van der Waals surface area contributed by atoms with Gasteiger partial charge in [0.1, 0.15) is 6.04 Å². The second kappa shape index (κ2) is 7.23. The van der Waals surface area contributed by atoms with Gasteiger partial charge in [-0.05, 0) is 52.9 Å². The van der Waals surface area contributed by atoms with Gasteiger partial charge in [0.2, 0.25) is 10.0 Å². The molecule has 7 heteroatoms. The number of hydrogen-bond donors (Lipinski definition) is 1. The summed E-state index contributed by atoms with van der Waals surface area (Å²) < 4.78 is 28.7. The van der Waals surface area contributed by atoms with Gasteiger partial charge in [0.05, 0.1) is 11.0 Å². The van der Waals surface area contributed by atoms with Crippen LogP contribution in [0.4, 0.5) is 0 Å². The Kier molecular flexibility index (Phi) is 5.83. The van der Waals surface area contributed by atoms with Crippen LogP contribution in [0, 0.1) is 17.2 Å². The molecule has 1 unspecified atom stereocenters. The maximum absolute atomic E-state index is 12.5. The first-order chi connectivity index (χ1) is 9.94. The summed E-state index contributed by atoms with van der Waals surface area (Å²) in [6.45, 7) is 0. The SMILES string of the molecule is N#CC(NS(=O)(=O)c1cc(Br)ccc1Br)C1CCCCC1. The monoisotopic (exact) mass is 434 g/mol. The Morgan fingerprint density at radius 2 is 1.90 bits per heavy atom. The van der Waals surface area contributed by atoms with Crippen molar-refractivity contribution in [3.05, 3.63) is 27.1 Å². The summed E-state index contributed by atoms with van der Waals surface area (Å²) in [6.07, 6.45) is 5.09. The summed E-state index contributed by atoms with van der Waals surface area (Å²) in [5, 5.41) is 9.31. The van der Waals surface area contributed by atoms with Crippen molar-refractivity contribution in [2.45, 2.75) is 43.0 Å². The van der Waals surface area contributed by atoms with E-state index < -0.39 is 16.1 Å². The van der Waals surface area contributed by atoms with E-state index in [9.17, 15) is 13.7 Å². The Balaban J connectivity index is 2.23. The Hall–Kier alpha value is -0.420. The van der Waals surface area contributed by atoms with E-state index in [0.717, 1.165) is 25.7 Å². The molecular formula is C14H16Br2N2O2S. The number of nitrogens with zero attached hydrogens (tertiary/aromatic N) is 1. The fourth-order valence-electron chi connectivity index (χ4n) is 2.61. The molecule has 1 aromatic carbocycles. The summed E-state index contributed by atoms with van der Waals surface area (Å²) in [6, 6.07) is 6.40. The molecule has 1 aliphatic carbocycles. The first-order valence-electron chi connectivity index (χ1n) is 6.81. The maximum atomic E-state index is 12.5. The van der Waals surface area contributed by atoms with Crippen molar-refractivity contribution >= 4 is 41.9 Å². The van der Waals surface area contributed by atoms with E-state index in [0.29, 0.717) is 8.95 Å². The van der Waals surface area contributed by atoms with Gasteiger partial charge in [0, 0.05) is 8.95 Å². The number of nitriles is 1. The highest BCUT2D eigenvalue weighted by Crippen LogP contribution is 2.29. The van der Waals surface area contributed by atoms with E-state index in [1.807, 2.05) is 0 Å². The molecule has 21 heavy (non-hydrogen) atoms. The van der Waals surface area contributed by atoms with E-state index in [4.69, 9.17) is 0 Å². The number of halogens is 2. The van der Waals surface area contributed by atoms with E-state index in [1.54, 1.807) is 12.1 Å². The van der Waals surface area contributed by atoms with Crippen molar-refractivity contribution < 1.29 is 8.42 Å². The number of rotatable bonds is 4. The van der Waals surface area contributed by atoms with Crippen LogP contribution < -0.4 is 4.72 Å². The lowest BCUT2D eigenvalue weighted by molar-refractivity contribution is 0.324. The van der Waals surface area contributed by atoms with Crippen LogP contribution in [0.1, 0.15) is 32.1 Å². The van der Waals surface area contributed by atoms with Crippen LogP contribution in [0.2, 0.25) is 0 Å². The lowest BCUT2D eigenvalue weighted by Crippen LogP contribution is -2.40. The zero-order valence-electron chi connectivity index (χ0n) is 11.4. The van der Waals surface area contributed by atoms with Gasteiger partial charge >= 0.3 is 0 Å². The van der Waals surface area contributed by atoms with Gasteiger partial charge in [-0.2, -0.15) is 9.98 Å². The van der Waals surface area contributed by atoms with Gasteiger partial charge < -0.3 is 0 Å². The van der Waals surface area contributed by atoms with Crippen LogP contribution in [0.3, 0.4) is 0 Å². The Morgan fingerprint density at radius 3 is 2.52 bits per heavy atom. The van der Waals surface area contributed by atoms with Crippen LogP contribution in [-0.4, -0.2) is 14.5 Å². The Morgan fingerprint density at radius 1 is 1.24 bits per heavy atom. The van der Waals surface area contributed by atoms with Gasteiger partial charge in [-0.1, -0.05) is 35.2 Å². The summed E-state index contributed by atoms with van der Waals surface area (Å²) in [4.78, 5) is 0.146. The van der Waals surface area contributed by atoms with Crippen molar-refractivity contribution in [2.24, 2.45) is 5.92 Å². The molecule has 1 fully saturated rings. The molecule has 0 spiro atoms. The zero-order chi connectivity index (χ0) is 15.5. The zero-order valence-corrected chi connectivity index (χ0v) is 15.3. The fourth-order valence-corrected chi connectivity index (χ4v) is 5.32. The minimum absolute atomic E-state index is 0.101. The molecule has 1 aromatic rings. The predicted octanol–water partition coefficient (Wildman–Crippen LogP) is 3.96. The molecule has 0 saturated heterocycles. The molecule has 4 nitrogen and oxygen atoms in total. The standard InChI is InChI=1S/C14H16Br2N2O2S/c15-11-6-7-12(16)14(8-11)21(19,20)18-13(9-17)10-4-2-1-3-5-10/h6-8,10,13,18H,1-5H2. The number of nitrogens with one attached hydrogen (secondary N) is 1. The number of hydrogen-bond acceptors (Lipinski definition) is 3. The van der Waals surface area contributed by atoms with Crippen LogP contribution in [-0.2, 0) is 10.0 Å². The molecule has 0 radical (unpaired) electrons. The highest BCUT2D eigenvalue weighted by atomic mass is 79.9. The largest absolute Gasteiger partial charge is 0.242 e. The van der Waals surface area contributed by atoms with Crippen LogP contribution >= 0.6 is 31.9 Å². The molecule has 1 aliphatic rings. The Labute approximate surface area is 142 Å². The van der Waals surface area contributed by atoms with E-state index >= 15 is 0 Å². The van der Waals surface area contributed by atoms with Gasteiger partial charge in [-0.15, -0.1) is 0 Å². The molecular weight excluding hydrogens is 420 g/mol. The van der Waals surface area contributed by atoms with Crippen molar-refractivity contribution in [1.82, 2.24) is 4.72 Å². The normalized spacial score (nSPS) is 18.1. The molecule has 1 atom stereocenters. The molecule has 0 bridgehead atoms. The van der Waals surface area contributed by atoms with Gasteiger partial charge in [0.25, 0.3) is 0 Å². The quantitative estimate of drug-likeness (QED) is 0.777. The molecule has 0 heterocycles. The van der Waals surface area contributed by atoms with E-state index in [1.165, 1.54) is 12.5 Å². The van der Waals surface area contributed by atoms with Crippen molar-refractivity contribution in [3.63, 3.8) is 0 Å². The summed E-state index contributed by atoms with van der Waals surface area (Å²) in [7, 11) is -3.72. The highest BCUT2D eigenvalue weighted by Gasteiger charge is 2.29. The minimum atomic E-state index is -3.72. The first-order valence-corrected chi connectivity index (χ1v) is 9.88.